The van der Waals surface area contributed by atoms with E-state index in [1.165, 1.54) is 11.9 Å². The summed E-state index contributed by atoms with van der Waals surface area (Å²) in [6, 6.07) is -0.276. The fourth-order valence-electron chi connectivity index (χ4n) is 1.23. The number of carbonyl (C=O) groups is 2. The van der Waals surface area contributed by atoms with Gasteiger partial charge in [-0.25, -0.2) is 0 Å². The smallest absolute Gasteiger partial charge is 0.246 e. The second-order valence-electron chi connectivity index (χ2n) is 3.00. The fraction of sp³-hybridized carbons (Fsp3) is 0.750. The van der Waals surface area contributed by atoms with Gasteiger partial charge in [-0.1, -0.05) is 6.92 Å². The number of hydrogen-bond donors (Lipinski definition) is 1. The summed E-state index contributed by atoms with van der Waals surface area (Å²) in [5.74, 6) is -0.193. The number of nitrogens with one attached hydrogen (secondary N) is 1. The van der Waals surface area contributed by atoms with Gasteiger partial charge in [-0.2, -0.15) is 0 Å². The van der Waals surface area contributed by atoms with Crippen molar-refractivity contribution < 1.29 is 9.59 Å². The van der Waals surface area contributed by atoms with Gasteiger partial charge in [0.15, 0.2) is 0 Å². The maximum Gasteiger partial charge on any atom is 0.246 e. The van der Waals surface area contributed by atoms with E-state index in [-0.39, 0.29) is 17.9 Å². The summed E-state index contributed by atoms with van der Waals surface area (Å²) >= 11 is 0. The number of rotatable bonds is 3. The Balaban J connectivity index is 2.47. The molecule has 0 unspecified atom stereocenters. The van der Waals surface area contributed by atoms with Crippen molar-refractivity contribution in [1.82, 2.24) is 10.2 Å². The van der Waals surface area contributed by atoms with Gasteiger partial charge in [0.1, 0.15) is 0 Å². The first kappa shape index (κ1) is 9.19. The predicted octanol–water partition coefficient (Wildman–Crippen LogP) is -0.257. The van der Waals surface area contributed by atoms with Crippen molar-refractivity contribution >= 4 is 11.8 Å². The van der Waals surface area contributed by atoms with Gasteiger partial charge in [-0.05, 0) is 13.0 Å². The molecule has 68 valence electrons. The molecule has 1 fully saturated rings. The van der Waals surface area contributed by atoms with E-state index in [0.29, 0.717) is 6.42 Å². The Labute approximate surface area is 71.9 Å². The molecule has 1 N–H and O–H groups in total. The molecule has 0 saturated carbocycles. The standard InChI is InChI=1S/C8H14N2O2/c1-3-4-9-6-5-7(11)10(2)8(6)12/h6,9H,3-5H2,1-2H3/t6-/m0/s1. The number of likely N-dealkylation sites (tertiary alicyclic amines) is 1. The van der Waals surface area contributed by atoms with E-state index in [2.05, 4.69) is 5.32 Å². The summed E-state index contributed by atoms with van der Waals surface area (Å²) < 4.78 is 0. The molecule has 0 bridgehead atoms. The quantitative estimate of drug-likeness (QED) is 0.594. The third-order valence-corrected chi connectivity index (χ3v) is 2.02. The van der Waals surface area contributed by atoms with E-state index in [9.17, 15) is 9.59 Å². The van der Waals surface area contributed by atoms with Crippen molar-refractivity contribution in [2.75, 3.05) is 13.6 Å². The highest BCUT2D eigenvalue weighted by atomic mass is 16.2. The lowest BCUT2D eigenvalue weighted by Gasteiger charge is -2.09. The fourth-order valence-corrected chi connectivity index (χ4v) is 1.23. The van der Waals surface area contributed by atoms with Gasteiger partial charge in [0.2, 0.25) is 11.8 Å². The lowest BCUT2D eigenvalue weighted by Crippen LogP contribution is -2.37. The zero-order chi connectivity index (χ0) is 9.14. The number of hydrogen-bond acceptors (Lipinski definition) is 3. The molecule has 0 aromatic heterocycles. The molecule has 4 nitrogen and oxygen atoms in total. The molecule has 1 atom stereocenters. The van der Waals surface area contributed by atoms with Gasteiger partial charge < -0.3 is 5.32 Å². The SMILES string of the molecule is CCCN[C@H]1CC(=O)N(C)C1=O. The molecule has 1 aliphatic rings. The van der Waals surface area contributed by atoms with Crippen molar-refractivity contribution in [3.8, 4) is 0 Å². The average Bonchev–Trinajstić information content (AvgIpc) is 2.30. The van der Waals surface area contributed by atoms with Crippen LogP contribution in [0.3, 0.4) is 0 Å². The van der Waals surface area contributed by atoms with E-state index < -0.39 is 0 Å². The molecular formula is C8H14N2O2. The minimum Gasteiger partial charge on any atom is -0.305 e. The first-order chi connectivity index (χ1) is 5.66. The van der Waals surface area contributed by atoms with E-state index in [1.54, 1.807) is 0 Å². The van der Waals surface area contributed by atoms with E-state index in [0.717, 1.165) is 13.0 Å². The molecule has 0 aromatic carbocycles. The van der Waals surface area contributed by atoms with Crippen LogP contribution in [0.5, 0.6) is 0 Å². The second kappa shape index (κ2) is 3.67. The van der Waals surface area contributed by atoms with Crippen LogP contribution < -0.4 is 5.32 Å². The number of likely N-dealkylation sites (N-methyl/N-ethyl adjacent to an activating group) is 1. The van der Waals surface area contributed by atoms with E-state index in [1.807, 2.05) is 6.92 Å². The third kappa shape index (κ3) is 1.64. The van der Waals surface area contributed by atoms with Crippen LogP contribution in [0.1, 0.15) is 19.8 Å². The Morgan fingerprint density at radius 3 is 2.67 bits per heavy atom. The van der Waals surface area contributed by atoms with Crippen LogP contribution in [0.2, 0.25) is 0 Å². The molecule has 0 aliphatic carbocycles. The summed E-state index contributed by atoms with van der Waals surface area (Å²) in [6.45, 7) is 2.81. The van der Waals surface area contributed by atoms with Gasteiger partial charge >= 0.3 is 0 Å². The van der Waals surface area contributed by atoms with Crippen LogP contribution in [0, 0.1) is 0 Å². The van der Waals surface area contributed by atoms with Crippen molar-refractivity contribution in [2.45, 2.75) is 25.8 Å². The lowest BCUT2D eigenvalue weighted by atomic mass is 10.2. The lowest BCUT2D eigenvalue weighted by molar-refractivity contribution is -0.137. The summed E-state index contributed by atoms with van der Waals surface area (Å²) in [5, 5.41) is 3.03. The van der Waals surface area contributed by atoms with Crippen molar-refractivity contribution in [3.63, 3.8) is 0 Å². The van der Waals surface area contributed by atoms with Gasteiger partial charge in [0.05, 0.1) is 12.5 Å². The van der Waals surface area contributed by atoms with Crippen LogP contribution in [0.25, 0.3) is 0 Å². The molecule has 1 rings (SSSR count). The first-order valence-electron chi connectivity index (χ1n) is 4.20. The second-order valence-corrected chi connectivity index (χ2v) is 3.00. The summed E-state index contributed by atoms with van der Waals surface area (Å²) in [6.07, 6.45) is 1.29. The monoisotopic (exact) mass is 170 g/mol. The number of imide groups is 1. The minimum atomic E-state index is -0.276. The molecule has 1 heterocycles. The summed E-state index contributed by atoms with van der Waals surface area (Å²) in [5.41, 5.74) is 0. The van der Waals surface area contributed by atoms with Gasteiger partial charge in [0, 0.05) is 7.05 Å². The number of amides is 2. The highest BCUT2D eigenvalue weighted by molar-refractivity contribution is 6.05. The van der Waals surface area contributed by atoms with Crippen LogP contribution in [-0.4, -0.2) is 36.3 Å². The topological polar surface area (TPSA) is 49.4 Å². The van der Waals surface area contributed by atoms with Gasteiger partial charge in [0.25, 0.3) is 0 Å². The summed E-state index contributed by atoms with van der Waals surface area (Å²) in [7, 11) is 1.53. The molecular weight excluding hydrogens is 156 g/mol. The highest BCUT2D eigenvalue weighted by Crippen LogP contribution is 2.09. The molecule has 12 heavy (non-hydrogen) atoms. The summed E-state index contributed by atoms with van der Waals surface area (Å²) in [4.78, 5) is 23.5. The third-order valence-electron chi connectivity index (χ3n) is 2.02. The zero-order valence-electron chi connectivity index (χ0n) is 7.46. The maximum atomic E-state index is 11.3. The Morgan fingerprint density at radius 2 is 2.25 bits per heavy atom. The van der Waals surface area contributed by atoms with Crippen LogP contribution in [-0.2, 0) is 9.59 Å². The Hall–Kier alpha value is -0.900. The largest absolute Gasteiger partial charge is 0.305 e. The minimum absolute atomic E-state index is 0.0893. The molecule has 0 radical (unpaired) electrons. The van der Waals surface area contributed by atoms with Crippen LogP contribution in [0.4, 0.5) is 0 Å². The van der Waals surface area contributed by atoms with Crippen LogP contribution >= 0.6 is 0 Å². The van der Waals surface area contributed by atoms with Gasteiger partial charge in [-0.15, -0.1) is 0 Å². The highest BCUT2D eigenvalue weighted by Gasteiger charge is 2.35. The molecule has 2 amide bonds. The molecule has 1 aliphatic heterocycles. The number of carbonyl (C=O) groups excluding carboxylic acids is 2. The normalized spacial score (nSPS) is 23.8. The van der Waals surface area contributed by atoms with Crippen LogP contribution in [0.15, 0.2) is 0 Å². The van der Waals surface area contributed by atoms with Crippen molar-refractivity contribution in [1.29, 1.82) is 0 Å². The Kier molecular flexibility index (Phi) is 2.81. The average molecular weight is 170 g/mol. The molecule has 4 heteroatoms. The Morgan fingerprint density at radius 1 is 1.58 bits per heavy atom. The zero-order valence-corrected chi connectivity index (χ0v) is 7.46. The van der Waals surface area contributed by atoms with E-state index in [4.69, 9.17) is 0 Å². The maximum absolute atomic E-state index is 11.3. The number of nitrogens with zero attached hydrogens (tertiary/aromatic N) is 1. The molecule has 1 saturated heterocycles. The van der Waals surface area contributed by atoms with Gasteiger partial charge in [-0.3, -0.25) is 14.5 Å². The van der Waals surface area contributed by atoms with Crippen molar-refractivity contribution in [3.05, 3.63) is 0 Å². The predicted molar refractivity (Wildman–Crippen MR) is 44.5 cm³/mol. The first-order valence-corrected chi connectivity index (χ1v) is 4.20. The van der Waals surface area contributed by atoms with Crippen molar-refractivity contribution in [2.24, 2.45) is 0 Å². The Bertz CT molecular complexity index is 203. The molecule has 0 aromatic rings. The van der Waals surface area contributed by atoms with E-state index >= 15 is 0 Å². The molecule has 0 spiro atoms.